The summed E-state index contributed by atoms with van der Waals surface area (Å²) in [6.07, 6.45) is 0.858. The molecule has 2 heteroatoms. The van der Waals surface area contributed by atoms with Gasteiger partial charge in [0.1, 0.15) is 5.82 Å². The van der Waals surface area contributed by atoms with E-state index in [2.05, 4.69) is 49.5 Å². The zero-order chi connectivity index (χ0) is 15.1. The minimum Gasteiger partial charge on any atom is -0.316 e. The average Bonchev–Trinajstić information content (AvgIpc) is 2.48. The van der Waals surface area contributed by atoms with Gasteiger partial charge in [0.25, 0.3) is 0 Å². The molecule has 0 fully saturated rings. The molecule has 1 unspecified atom stereocenters. The van der Waals surface area contributed by atoms with Crippen LogP contribution in [0.25, 0.3) is 0 Å². The van der Waals surface area contributed by atoms with Crippen LogP contribution in [0.5, 0.6) is 0 Å². The Morgan fingerprint density at radius 3 is 2.43 bits per heavy atom. The van der Waals surface area contributed by atoms with E-state index >= 15 is 0 Å². The minimum absolute atomic E-state index is 0.156. The zero-order valence-electron chi connectivity index (χ0n) is 12.9. The van der Waals surface area contributed by atoms with E-state index in [0.29, 0.717) is 11.8 Å². The first-order valence-electron chi connectivity index (χ1n) is 7.67. The average molecular weight is 285 g/mol. The summed E-state index contributed by atoms with van der Waals surface area (Å²) >= 11 is 0. The predicted molar refractivity (Wildman–Crippen MR) is 87.0 cm³/mol. The lowest BCUT2D eigenvalue weighted by Crippen LogP contribution is -2.26. The smallest absolute Gasteiger partial charge is 0.123 e. The van der Waals surface area contributed by atoms with Gasteiger partial charge < -0.3 is 5.32 Å². The summed E-state index contributed by atoms with van der Waals surface area (Å²) in [5.41, 5.74) is 2.43. The van der Waals surface area contributed by atoms with Crippen LogP contribution in [0, 0.1) is 11.7 Å². The van der Waals surface area contributed by atoms with E-state index in [1.54, 1.807) is 12.1 Å². The van der Waals surface area contributed by atoms with Gasteiger partial charge in [-0.05, 0) is 48.1 Å². The molecule has 2 rings (SSSR count). The molecule has 0 radical (unpaired) electrons. The number of rotatable bonds is 7. The Bertz CT molecular complexity index is 536. The molecule has 0 saturated carbocycles. The van der Waals surface area contributed by atoms with Gasteiger partial charge in [-0.2, -0.15) is 0 Å². The summed E-state index contributed by atoms with van der Waals surface area (Å²) in [6, 6.07) is 17.5. The van der Waals surface area contributed by atoms with Gasteiger partial charge in [-0.25, -0.2) is 4.39 Å². The van der Waals surface area contributed by atoms with Crippen LogP contribution >= 0.6 is 0 Å². The quantitative estimate of drug-likeness (QED) is 0.744. The highest BCUT2D eigenvalue weighted by molar-refractivity contribution is 5.20. The van der Waals surface area contributed by atoms with Crippen LogP contribution in [-0.2, 0) is 6.42 Å². The monoisotopic (exact) mass is 285 g/mol. The van der Waals surface area contributed by atoms with Gasteiger partial charge in [0.15, 0.2) is 0 Å². The molecule has 2 aromatic rings. The van der Waals surface area contributed by atoms with Gasteiger partial charge in [-0.1, -0.05) is 56.3 Å². The van der Waals surface area contributed by atoms with E-state index in [1.807, 2.05) is 6.07 Å². The second-order valence-electron chi connectivity index (χ2n) is 5.85. The molecule has 2 aromatic carbocycles. The topological polar surface area (TPSA) is 12.0 Å². The molecule has 0 aliphatic rings. The van der Waals surface area contributed by atoms with Crippen molar-refractivity contribution in [3.63, 3.8) is 0 Å². The van der Waals surface area contributed by atoms with Crippen molar-refractivity contribution >= 4 is 0 Å². The Morgan fingerprint density at radius 1 is 1.00 bits per heavy atom. The second kappa shape index (κ2) is 7.94. The van der Waals surface area contributed by atoms with E-state index in [-0.39, 0.29) is 5.82 Å². The van der Waals surface area contributed by atoms with Crippen molar-refractivity contribution in [2.45, 2.75) is 26.2 Å². The van der Waals surface area contributed by atoms with E-state index in [1.165, 1.54) is 11.6 Å². The van der Waals surface area contributed by atoms with E-state index in [0.717, 1.165) is 25.1 Å². The van der Waals surface area contributed by atoms with Crippen LogP contribution in [0.1, 0.15) is 30.9 Å². The van der Waals surface area contributed by atoms with Crippen LogP contribution in [0.15, 0.2) is 54.6 Å². The van der Waals surface area contributed by atoms with Crippen LogP contribution < -0.4 is 5.32 Å². The molecule has 1 nitrogen and oxygen atoms in total. The van der Waals surface area contributed by atoms with Crippen molar-refractivity contribution in [2.75, 3.05) is 13.1 Å². The molecular formula is C19H24FN. The molecule has 1 atom stereocenters. The van der Waals surface area contributed by atoms with Gasteiger partial charge in [-0.15, -0.1) is 0 Å². The summed E-state index contributed by atoms with van der Waals surface area (Å²) in [6.45, 7) is 6.34. The number of halogens is 1. The fraction of sp³-hybridized carbons (Fsp3) is 0.368. The van der Waals surface area contributed by atoms with E-state index < -0.39 is 0 Å². The van der Waals surface area contributed by atoms with Gasteiger partial charge in [0.05, 0.1) is 0 Å². The van der Waals surface area contributed by atoms with Crippen molar-refractivity contribution < 1.29 is 4.39 Å². The molecule has 0 spiro atoms. The van der Waals surface area contributed by atoms with Crippen LogP contribution in [-0.4, -0.2) is 13.1 Å². The third kappa shape index (κ3) is 4.98. The molecule has 0 aromatic heterocycles. The van der Waals surface area contributed by atoms with Crippen molar-refractivity contribution in [3.8, 4) is 0 Å². The van der Waals surface area contributed by atoms with Crippen molar-refractivity contribution in [1.82, 2.24) is 5.32 Å². The third-order valence-corrected chi connectivity index (χ3v) is 3.88. The molecular weight excluding hydrogens is 261 g/mol. The van der Waals surface area contributed by atoms with Gasteiger partial charge in [0, 0.05) is 6.54 Å². The highest BCUT2D eigenvalue weighted by Gasteiger charge is 2.14. The normalized spacial score (nSPS) is 12.6. The SMILES string of the molecule is CC(C)C(CNCCc1cccc(F)c1)c1ccccc1. The van der Waals surface area contributed by atoms with E-state index in [9.17, 15) is 4.39 Å². The molecule has 0 bridgehead atoms. The number of hydrogen-bond acceptors (Lipinski definition) is 1. The largest absolute Gasteiger partial charge is 0.316 e. The van der Waals surface area contributed by atoms with E-state index in [4.69, 9.17) is 0 Å². The highest BCUT2D eigenvalue weighted by Crippen LogP contribution is 2.23. The molecule has 0 saturated heterocycles. The Balaban J connectivity index is 1.83. The first-order chi connectivity index (χ1) is 10.2. The maximum Gasteiger partial charge on any atom is 0.123 e. The Labute approximate surface area is 127 Å². The standard InChI is InChI=1S/C19H24FN/c1-15(2)19(17-8-4-3-5-9-17)14-21-12-11-16-7-6-10-18(20)13-16/h3-10,13,15,19,21H,11-12,14H2,1-2H3. The molecule has 0 aliphatic heterocycles. The van der Waals surface area contributed by atoms with Crippen molar-refractivity contribution in [1.29, 1.82) is 0 Å². The maximum atomic E-state index is 13.1. The first-order valence-corrected chi connectivity index (χ1v) is 7.67. The summed E-state index contributed by atoms with van der Waals surface area (Å²) in [5.74, 6) is 0.949. The highest BCUT2D eigenvalue weighted by atomic mass is 19.1. The molecule has 0 heterocycles. The summed E-state index contributed by atoms with van der Waals surface area (Å²) < 4.78 is 13.1. The van der Waals surface area contributed by atoms with Crippen LogP contribution in [0.2, 0.25) is 0 Å². The Kier molecular flexibility index (Phi) is 5.94. The third-order valence-electron chi connectivity index (χ3n) is 3.88. The van der Waals surface area contributed by atoms with Crippen molar-refractivity contribution in [2.24, 2.45) is 5.92 Å². The maximum absolute atomic E-state index is 13.1. The lowest BCUT2D eigenvalue weighted by atomic mass is 9.88. The summed E-state index contributed by atoms with van der Waals surface area (Å²) in [7, 11) is 0. The lowest BCUT2D eigenvalue weighted by molar-refractivity contribution is 0.463. The lowest BCUT2D eigenvalue weighted by Gasteiger charge is -2.22. The Hall–Kier alpha value is -1.67. The number of nitrogens with one attached hydrogen (secondary N) is 1. The Morgan fingerprint density at radius 2 is 1.76 bits per heavy atom. The first kappa shape index (κ1) is 15.7. The number of benzene rings is 2. The molecule has 0 amide bonds. The van der Waals surface area contributed by atoms with Crippen molar-refractivity contribution in [3.05, 3.63) is 71.5 Å². The van der Waals surface area contributed by atoms with Gasteiger partial charge >= 0.3 is 0 Å². The predicted octanol–water partition coefficient (Wildman–Crippen LogP) is 4.40. The second-order valence-corrected chi connectivity index (χ2v) is 5.85. The van der Waals surface area contributed by atoms with Crippen LogP contribution in [0.4, 0.5) is 4.39 Å². The fourth-order valence-electron chi connectivity index (χ4n) is 2.62. The van der Waals surface area contributed by atoms with Crippen LogP contribution in [0.3, 0.4) is 0 Å². The molecule has 0 aliphatic carbocycles. The molecule has 21 heavy (non-hydrogen) atoms. The summed E-state index contributed by atoms with van der Waals surface area (Å²) in [4.78, 5) is 0. The molecule has 1 N–H and O–H groups in total. The van der Waals surface area contributed by atoms with Gasteiger partial charge in [-0.3, -0.25) is 0 Å². The van der Waals surface area contributed by atoms with Gasteiger partial charge in [0.2, 0.25) is 0 Å². The number of hydrogen-bond donors (Lipinski definition) is 1. The zero-order valence-corrected chi connectivity index (χ0v) is 12.9. The minimum atomic E-state index is -0.156. The fourth-order valence-corrected chi connectivity index (χ4v) is 2.62. The molecule has 112 valence electrons. The summed E-state index contributed by atoms with van der Waals surface area (Å²) in [5, 5.41) is 3.51.